The number of aromatic nitrogens is 3. The Hall–Kier alpha value is -3.28. The molecule has 0 saturated heterocycles. The standard InChI is InChI=1S/C19H17ClN6O2/c1-10-8-22-12(7-21)6-14(10)24-19(27)25-15-9-23-13-4-5-16(20)26-18(13)17(15)11(2)28-3/h4-6,8-9,11H,1-3H3,(H2,22,24,25,27). The summed E-state index contributed by atoms with van der Waals surface area (Å²) in [5.41, 5.74) is 3.71. The van der Waals surface area contributed by atoms with Gasteiger partial charge in [0.05, 0.1) is 29.0 Å². The Balaban J connectivity index is 1.95. The lowest BCUT2D eigenvalue weighted by Crippen LogP contribution is -2.22. The first kappa shape index (κ1) is 19.5. The van der Waals surface area contributed by atoms with Crippen LogP contribution in [-0.2, 0) is 4.74 Å². The third-order valence-corrected chi connectivity index (χ3v) is 4.40. The molecule has 9 heteroatoms. The number of nitriles is 1. The number of carbonyl (C=O) groups is 1. The molecule has 0 fully saturated rings. The van der Waals surface area contributed by atoms with Crippen LogP contribution in [0, 0.1) is 18.3 Å². The lowest BCUT2D eigenvalue weighted by Gasteiger charge is -2.18. The van der Waals surface area contributed by atoms with Crippen molar-refractivity contribution in [2.75, 3.05) is 17.7 Å². The van der Waals surface area contributed by atoms with Gasteiger partial charge in [-0.15, -0.1) is 0 Å². The number of hydrogen-bond acceptors (Lipinski definition) is 6. The number of ether oxygens (including phenoxy) is 1. The summed E-state index contributed by atoms with van der Waals surface area (Å²) in [5, 5.41) is 14.8. The summed E-state index contributed by atoms with van der Waals surface area (Å²) in [5.74, 6) is 0. The Labute approximate surface area is 166 Å². The van der Waals surface area contributed by atoms with Crippen molar-refractivity contribution >= 4 is 40.0 Å². The van der Waals surface area contributed by atoms with E-state index in [1.54, 1.807) is 32.4 Å². The van der Waals surface area contributed by atoms with Gasteiger partial charge in [0.1, 0.15) is 16.9 Å². The van der Waals surface area contributed by atoms with Gasteiger partial charge < -0.3 is 15.4 Å². The van der Waals surface area contributed by atoms with E-state index >= 15 is 0 Å². The van der Waals surface area contributed by atoms with E-state index < -0.39 is 6.03 Å². The van der Waals surface area contributed by atoms with Gasteiger partial charge >= 0.3 is 6.03 Å². The Morgan fingerprint density at radius 1 is 1.25 bits per heavy atom. The number of amides is 2. The molecule has 2 N–H and O–H groups in total. The number of rotatable bonds is 4. The normalized spacial score (nSPS) is 11.7. The predicted molar refractivity (Wildman–Crippen MR) is 106 cm³/mol. The fourth-order valence-electron chi connectivity index (χ4n) is 2.69. The molecule has 1 atom stereocenters. The number of nitrogens with zero attached hydrogens (tertiary/aromatic N) is 4. The number of carbonyl (C=O) groups excluding carboxylic acids is 1. The van der Waals surface area contributed by atoms with E-state index in [0.29, 0.717) is 33.1 Å². The second-order valence-corrected chi connectivity index (χ2v) is 6.43. The Kier molecular flexibility index (Phi) is 5.68. The lowest BCUT2D eigenvalue weighted by atomic mass is 10.1. The highest BCUT2D eigenvalue weighted by Crippen LogP contribution is 2.31. The van der Waals surface area contributed by atoms with Crippen LogP contribution < -0.4 is 10.6 Å². The molecule has 3 heterocycles. The molecule has 142 valence electrons. The summed E-state index contributed by atoms with van der Waals surface area (Å²) in [6, 6.07) is 6.36. The van der Waals surface area contributed by atoms with Crippen LogP contribution in [0.4, 0.5) is 16.2 Å². The summed E-state index contributed by atoms with van der Waals surface area (Å²) in [4.78, 5) is 25.2. The third kappa shape index (κ3) is 4.01. The number of pyridine rings is 3. The molecule has 3 aromatic rings. The van der Waals surface area contributed by atoms with Crippen molar-refractivity contribution in [3.63, 3.8) is 0 Å². The molecule has 28 heavy (non-hydrogen) atoms. The molecule has 0 bridgehead atoms. The van der Waals surface area contributed by atoms with Crippen molar-refractivity contribution in [1.29, 1.82) is 5.26 Å². The van der Waals surface area contributed by atoms with Crippen molar-refractivity contribution in [1.82, 2.24) is 15.0 Å². The average molecular weight is 397 g/mol. The van der Waals surface area contributed by atoms with Gasteiger partial charge in [0.25, 0.3) is 0 Å². The largest absolute Gasteiger partial charge is 0.377 e. The second kappa shape index (κ2) is 8.17. The van der Waals surface area contributed by atoms with Gasteiger partial charge in [-0.1, -0.05) is 11.6 Å². The molecule has 0 aliphatic heterocycles. The van der Waals surface area contributed by atoms with Crippen LogP contribution in [0.2, 0.25) is 5.15 Å². The van der Waals surface area contributed by atoms with Gasteiger partial charge in [0.15, 0.2) is 0 Å². The minimum Gasteiger partial charge on any atom is -0.377 e. The summed E-state index contributed by atoms with van der Waals surface area (Å²) in [6.45, 7) is 3.62. The highest BCUT2D eigenvalue weighted by atomic mass is 35.5. The Morgan fingerprint density at radius 2 is 2.00 bits per heavy atom. The topological polar surface area (TPSA) is 113 Å². The van der Waals surface area contributed by atoms with E-state index in [-0.39, 0.29) is 11.8 Å². The van der Waals surface area contributed by atoms with Gasteiger partial charge in [0.2, 0.25) is 0 Å². The van der Waals surface area contributed by atoms with Gasteiger partial charge in [0, 0.05) is 24.6 Å². The Bertz CT molecular complexity index is 1100. The van der Waals surface area contributed by atoms with Crippen molar-refractivity contribution < 1.29 is 9.53 Å². The van der Waals surface area contributed by atoms with Gasteiger partial charge in [-0.05, 0) is 37.6 Å². The summed E-state index contributed by atoms with van der Waals surface area (Å²) >= 11 is 6.04. The van der Waals surface area contributed by atoms with E-state index in [0.717, 1.165) is 5.56 Å². The highest BCUT2D eigenvalue weighted by molar-refractivity contribution is 6.29. The van der Waals surface area contributed by atoms with E-state index in [4.69, 9.17) is 21.6 Å². The number of halogens is 1. The molecule has 0 radical (unpaired) electrons. The molecule has 3 rings (SSSR count). The van der Waals surface area contributed by atoms with Crippen LogP contribution in [0.3, 0.4) is 0 Å². The first-order valence-corrected chi connectivity index (χ1v) is 8.73. The number of urea groups is 1. The molecule has 0 aliphatic carbocycles. The smallest absolute Gasteiger partial charge is 0.323 e. The zero-order valence-corrected chi connectivity index (χ0v) is 16.2. The number of fused-ring (bicyclic) bond motifs is 1. The molecular formula is C19H17ClN6O2. The molecule has 2 amide bonds. The third-order valence-electron chi connectivity index (χ3n) is 4.19. The first-order chi connectivity index (χ1) is 13.4. The molecule has 8 nitrogen and oxygen atoms in total. The van der Waals surface area contributed by atoms with Crippen molar-refractivity contribution in [3.8, 4) is 6.07 Å². The zero-order chi connectivity index (χ0) is 20.3. The first-order valence-electron chi connectivity index (χ1n) is 8.35. The van der Waals surface area contributed by atoms with Crippen molar-refractivity contribution in [3.05, 3.63) is 52.6 Å². The fraction of sp³-hybridized carbons (Fsp3) is 0.211. The maximum atomic E-state index is 12.6. The summed E-state index contributed by atoms with van der Waals surface area (Å²) < 4.78 is 5.45. The van der Waals surface area contributed by atoms with Gasteiger partial charge in [-0.25, -0.2) is 14.8 Å². The van der Waals surface area contributed by atoms with Gasteiger partial charge in [-0.3, -0.25) is 4.98 Å². The number of anilines is 2. The van der Waals surface area contributed by atoms with E-state index in [1.807, 2.05) is 13.0 Å². The number of hydrogen-bond donors (Lipinski definition) is 2. The quantitative estimate of drug-likeness (QED) is 0.638. The molecular weight excluding hydrogens is 380 g/mol. The summed E-state index contributed by atoms with van der Waals surface area (Å²) in [6.07, 6.45) is 2.71. The lowest BCUT2D eigenvalue weighted by molar-refractivity contribution is 0.121. The molecule has 3 aromatic heterocycles. The number of methoxy groups -OCH3 is 1. The predicted octanol–water partition coefficient (Wildman–Crippen LogP) is 4.21. The molecule has 0 aromatic carbocycles. The van der Waals surface area contributed by atoms with Crippen LogP contribution in [0.15, 0.2) is 30.6 Å². The minimum absolute atomic E-state index is 0.209. The molecule has 0 aliphatic rings. The van der Waals surface area contributed by atoms with Crippen LogP contribution in [0.5, 0.6) is 0 Å². The fourth-order valence-corrected chi connectivity index (χ4v) is 2.83. The molecule has 1 unspecified atom stereocenters. The van der Waals surface area contributed by atoms with E-state index in [2.05, 4.69) is 25.6 Å². The van der Waals surface area contributed by atoms with Crippen molar-refractivity contribution in [2.45, 2.75) is 20.0 Å². The molecule has 0 saturated carbocycles. The summed E-state index contributed by atoms with van der Waals surface area (Å²) in [7, 11) is 1.56. The van der Waals surface area contributed by atoms with Crippen molar-refractivity contribution in [2.24, 2.45) is 0 Å². The minimum atomic E-state index is -0.495. The Morgan fingerprint density at radius 3 is 2.71 bits per heavy atom. The van der Waals surface area contributed by atoms with Crippen LogP contribution >= 0.6 is 11.6 Å². The maximum absolute atomic E-state index is 12.6. The van der Waals surface area contributed by atoms with Crippen LogP contribution in [0.1, 0.15) is 29.8 Å². The number of nitrogens with one attached hydrogen (secondary N) is 2. The zero-order valence-electron chi connectivity index (χ0n) is 15.4. The average Bonchev–Trinajstić information content (AvgIpc) is 2.68. The molecule has 0 spiro atoms. The van der Waals surface area contributed by atoms with Gasteiger partial charge in [-0.2, -0.15) is 5.26 Å². The second-order valence-electron chi connectivity index (χ2n) is 6.04. The highest BCUT2D eigenvalue weighted by Gasteiger charge is 2.19. The SMILES string of the molecule is COC(C)c1c(NC(=O)Nc2cc(C#N)ncc2C)cnc2ccc(Cl)nc12. The monoisotopic (exact) mass is 396 g/mol. The number of aryl methyl sites for hydroxylation is 1. The van der Waals surface area contributed by atoms with Crippen LogP contribution in [-0.4, -0.2) is 28.1 Å². The maximum Gasteiger partial charge on any atom is 0.323 e. The van der Waals surface area contributed by atoms with E-state index in [1.165, 1.54) is 12.3 Å². The van der Waals surface area contributed by atoms with E-state index in [9.17, 15) is 4.79 Å². The van der Waals surface area contributed by atoms with Crippen LogP contribution in [0.25, 0.3) is 11.0 Å².